The number of fused-ring (bicyclic) bond motifs is 2. The molecule has 0 saturated heterocycles. The van der Waals surface area contributed by atoms with Crippen LogP contribution >= 0.6 is 0 Å². The highest BCUT2D eigenvalue weighted by Crippen LogP contribution is 2.47. The van der Waals surface area contributed by atoms with Crippen molar-refractivity contribution in [3.05, 3.63) is 95.7 Å². The lowest BCUT2D eigenvalue weighted by Gasteiger charge is -2.27. The fourth-order valence-corrected chi connectivity index (χ4v) is 5.66. The molecule has 0 N–H and O–H groups in total. The highest BCUT2D eigenvalue weighted by molar-refractivity contribution is 6.03. The van der Waals surface area contributed by atoms with Crippen molar-refractivity contribution >= 4 is 17.1 Å². The molecule has 34 heavy (non-hydrogen) atoms. The lowest BCUT2D eigenvalue weighted by Crippen LogP contribution is -2.27. The molecular weight excluding hydrogens is 412 g/mol. The highest BCUT2D eigenvalue weighted by Gasteiger charge is 2.43. The summed E-state index contributed by atoms with van der Waals surface area (Å²) in [6.07, 6.45) is 14.8. The van der Waals surface area contributed by atoms with Crippen LogP contribution in [0.3, 0.4) is 0 Å². The zero-order chi connectivity index (χ0) is 24.3. The van der Waals surface area contributed by atoms with Gasteiger partial charge in [0.25, 0.3) is 0 Å². The SMILES string of the molecule is CCCCN1/C(=C/C=C/C=C/C2=[N+](CCC)c3ccccc3C2(C)C)C(C)(C)c2ccccc21. The van der Waals surface area contributed by atoms with Crippen LogP contribution in [-0.4, -0.2) is 23.4 Å². The fraction of sp³-hybridized carbons (Fsp3) is 0.406. The molecule has 0 fully saturated rings. The Hall–Kier alpha value is -2.87. The van der Waals surface area contributed by atoms with Crippen molar-refractivity contribution in [2.45, 2.75) is 71.6 Å². The van der Waals surface area contributed by atoms with Gasteiger partial charge in [-0.3, -0.25) is 0 Å². The van der Waals surface area contributed by atoms with Gasteiger partial charge in [0.1, 0.15) is 6.54 Å². The van der Waals surface area contributed by atoms with E-state index in [0.29, 0.717) is 0 Å². The van der Waals surface area contributed by atoms with E-state index in [1.54, 1.807) is 0 Å². The Bertz CT molecular complexity index is 1160. The molecule has 178 valence electrons. The molecule has 0 bridgehead atoms. The maximum atomic E-state index is 2.53. The third-order valence-electron chi connectivity index (χ3n) is 7.51. The van der Waals surface area contributed by atoms with Crippen LogP contribution in [0.15, 0.2) is 84.6 Å². The van der Waals surface area contributed by atoms with Gasteiger partial charge in [0.2, 0.25) is 5.69 Å². The van der Waals surface area contributed by atoms with Crippen molar-refractivity contribution in [2.75, 3.05) is 18.0 Å². The smallest absolute Gasteiger partial charge is 0.209 e. The topological polar surface area (TPSA) is 6.25 Å². The van der Waals surface area contributed by atoms with E-state index < -0.39 is 0 Å². The number of unbranched alkanes of at least 4 members (excludes halogenated alkanes) is 1. The largest absolute Gasteiger partial charge is 0.344 e. The van der Waals surface area contributed by atoms with Crippen LogP contribution in [0.5, 0.6) is 0 Å². The number of para-hydroxylation sites is 2. The van der Waals surface area contributed by atoms with E-state index in [-0.39, 0.29) is 10.8 Å². The Morgan fingerprint density at radius 1 is 0.794 bits per heavy atom. The van der Waals surface area contributed by atoms with Gasteiger partial charge in [-0.05, 0) is 38.0 Å². The first-order valence-electron chi connectivity index (χ1n) is 13.0. The number of nitrogens with zero attached hydrogens (tertiary/aromatic N) is 2. The monoisotopic (exact) mass is 453 g/mol. The molecule has 2 nitrogen and oxygen atoms in total. The minimum atomic E-state index is 0.0140. The van der Waals surface area contributed by atoms with Crippen LogP contribution in [0.2, 0.25) is 0 Å². The molecule has 0 spiro atoms. The highest BCUT2D eigenvalue weighted by atomic mass is 15.2. The van der Waals surface area contributed by atoms with Gasteiger partial charge >= 0.3 is 0 Å². The summed E-state index contributed by atoms with van der Waals surface area (Å²) in [4.78, 5) is 2.53. The maximum Gasteiger partial charge on any atom is 0.209 e. The van der Waals surface area contributed by atoms with Crippen LogP contribution in [-0.2, 0) is 10.8 Å². The second-order valence-electron chi connectivity index (χ2n) is 10.6. The Morgan fingerprint density at radius 2 is 1.50 bits per heavy atom. The molecule has 2 heterocycles. The molecule has 0 radical (unpaired) electrons. The molecule has 2 aliphatic heterocycles. The second-order valence-corrected chi connectivity index (χ2v) is 10.6. The summed E-state index contributed by atoms with van der Waals surface area (Å²) in [6, 6.07) is 17.8. The van der Waals surface area contributed by atoms with Crippen LogP contribution in [0.25, 0.3) is 0 Å². The quantitative estimate of drug-likeness (QED) is 0.289. The van der Waals surface area contributed by atoms with Gasteiger partial charge in [-0.15, -0.1) is 0 Å². The third-order valence-corrected chi connectivity index (χ3v) is 7.51. The molecule has 2 aromatic rings. The maximum absolute atomic E-state index is 2.53. The van der Waals surface area contributed by atoms with E-state index in [9.17, 15) is 0 Å². The van der Waals surface area contributed by atoms with Crippen molar-refractivity contribution in [2.24, 2.45) is 0 Å². The summed E-state index contributed by atoms with van der Waals surface area (Å²) < 4.78 is 2.50. The summed E-state index contributed by atoms with van der Waals surface area (Å²) >= 11 is 0. The lowest BCUT2D eigenvalue weighted by atomic mass is 9.81. The van der Waals surface area contributed by atoms with E-state index in [0.717, 1.165) is 19.5 Å². The summed E-state index contributed by atoms with van der Waals surface area (Å²) in [6.45, 7) is 16.0. The van der Waals surface area contributed by atoms with Crippen molar-refractivity contribution in [1.29, 1.82) is 0 Å². The third kappa shape index (κ3) is 4.19. The van der Waals surface area contributed by atoms with Gasteiger partial charge in [0, 0.05) is 47.5 Å². The normalized spacial score (nSPS) is 19.6. The van der Waals surface area contributed by atoms with Gasteiger partial charge in [-0.1, -0.05) is 88.7 Å². The van der Waals surface area contributed by atoms with Crippen LogP contribution < -0.4 is 4.90 Å². The molecule has 0 amide bonds. The first-order chi connectivity index (χ1) is 16.3. The Balaban J connectivity index is 1.61. The second kappa shape index (κ2) is 9.78. The first kappa shape index (κ1) is 24.3. The summed E-state index contributed by atoms with van der Waals surface area (Å²) in [5.74, 6) is 0. The van der Waals surface area contributed by atoms with Gasteiger partial charge in [-0.2, -0.15) is 4.58 Å². The average molecular weight is 454 g/mol. The summed E-state index contributed by atoms with van der Waals surface area (Å²) in [5.41, 5.74) is 8.38. The van der Waals surface area contributed by atoms with Crippen molar-refractivity contribution in [3.63, 3.8) is 0 Å². The minimum absolute atomic E-state index is 0.0140. The molecule has 0 aromatic heterocycles. The Morgan fingerprint density at radius 3 is 2.24 bits per heavy atom. The van der Waals surface area contributed by atoms with Gasteiger partial charge < -0.3 is 4.90 Å². The Labute approximate surface area is 207 Å². The van der Waals surface area contributed by atoms with E-state index in [1.807, 2.05) is 0 Å². The van der Waals surface area contributed by atoms with Crippen LogP contribution in [0, 0.1) is 0 Å². The van der Waals surface area contributed by atoms with Crippen molar-refractivity contribution in [3.8, 4) is 0 Å². The van der Waals surface area contributed by atoms with Crippen molar-refractivity contribution in [1.82, 2.24) is 0 Å². The number of hydrogen-bond donors (Lipinski definition) is 0. The zero-order valence-electron chi connectivity index (χ0n) is 21.9. The first-order valence-corrected chi connectivity index (χ1v) is 13.0. The lowest BCUT2D eigenvalue weighted by molar-refractivity contribution is -0.437. The van der Waals surface area contributed by atoms with Gasteiger partial charge in [0.05, 0.1) is 5.41 Å². The number of allylic oxidation sites excluding steroid dienone is 6. The van der Waals surface area contributed by atoms with E-state index in [2.05, 4.69) is 130 Å². The molecule has 0 atom stereocenters. The Kier molecular flexibility index (Phi) is 6.98. The number of hydrogen-bond acceptors (Lipinski definition) is 1. The number of anilines is 1. The van der Waals surface area contributed by atoms with Gasteiger partial charge in [-0.25, -0.2) is 0 Å². The summed E-state index contributed by atoms with van der Waals surface area (Å²) in [5, 5.41) is 0. The number of rotatable bonds is 8. The molecule has 2 aliphatic rings. The molecular formula is C32H41N2+. The predicted octanol–water partition coefficient (Wildman–Crippen LogP) is 8.07. The minimum Gasteiger partial charge on any atom is -0.344 e. The van der Waals surface area contributed by atoms with E-state index in [4.69, 9.17) is 0 Å². The van der Waals surface area contributed by atoms with E-state index >= 15 is 0 Å². The zero-order valence-corrected chi connectivity index (χ0v) is 21.9. The molecule has 0 unspecified atom stereocenters. The molecule has 2 heteroatoms. The van der Waals surface area contributed by atoms with E-state index in [1.165, 1.54) is 46.8 Å². The predicted molar refractivity (Wildman–Crippen MR) is 148 cm³/mol. The number of benzene rings is 2. The average Bonchev–Trinajstić information content (AvgIpc) is 3.17. The summed E-state index contributed by atoms with van der Waals surface area (Å²) in [7, 11) is 0. The molecule has 4 rings (SSSR count). The van der Waals surface area contributed by atoms with Crippen molar-refractivity contribution < 1.29 is 4.58 Å². The van der Waals surface area contributed by atoms with Gasteiger partial charge in [0.15, 0.2) is 5.71 Å². The molecule has 0 aliphatic carbocycles. The van der Waals surface area contributed by atoms with Crippen LogP contribution in [0.4, 0.5) is 11.4 Å². The molecule has 0 saturated carbocycles. The standard InChI is InChI=1S/C32H41N2/c1-7-9-24-34-28-20-16-14-18-26(28)32(5,6)30(34)22-12-10-11-21-29-31(3,4)25-17-13-15-19-27(25)33(29)23-8-2/h10-22H,7-9,23-24H2,1-6H3/q+1. The fourth-order valence-electron chi connectivity index (χ4n) is 5.66. The van der Waals surface area contributed by atoms with Crippen LogP contribution in [0.1, 0.15) is 71.9 Å². The molecule has 2 aromatic carbocycles.